The van der Waals surface area contributed by atoms with Crippen LogP contribution in [0.1, 0.15) is 27.6 Å². The summed E-state index contributed by atoms with van der Waals surface area (Å²) in [6, 6.07) is 6.04. The van der Waals surface area contributed by atoms with E-state index in [4.69, 9.17) is 9.47 Å². The summed E-state index contributed by atoms with van der Waals surface area (Å²) in [7, 11) is -5.51. The lowest BCUT2D eigenvalue weighted by atomic mass is 10.1. The summed E-state index contributed by atoms with van der Waals surface area (Å²) in [5.41, 5.74) is -5.28. The van der Waals surface area contributed by atoms with Gasteiger partial charge in [-0.15, -0.1) is 0 Å². The van der Waals surface area contributed by atoms with Crippen molar-refractivity contribution in [3.8, 4) is 11.5 Å². The summed E-state index contributed by atoms with van der Waals surface area (Å²) >= 11 is 0. The van der Waals surface area contributed by atoms with Crippen molar-refractivity contribution in [1.29, 1.82) is 0 Å². The number of hydrogen-bond acceptors (Lipinski definition) is 6. The Morgan fingerprint density at radius 2 is 1.61 bits per heavy atom. The zero-order valence-corrected chi connectivity index (χ0v) is 15.0. The summed E-state index contributed by atoms with van der Waals surface area (Å²) in [6.07, 6.45) is 0. The highest BCUT2D eigenvalue weighted by Gasteiger charge is 2.46. The SMILES string of the molecule is CC(=O)c1cc2c(cc1NC(=O)c1ccc(S(=O)(=O)C(F)(F)F)cc1)OCO2. The van der Waals surface area contributed by atoms with E-state index in [1.54, 1.807) is 0 Å². The molecule has 1 N–H and O–H groups in total. The first-order chi connectivity index (χ1) is 13.0. The molecule has 148 valence electrons. The molecule has 0 spiro atoms. The largest absolute Gasteiger partial charge is 0.501 e. The number of Topliss-reactive ketones (excluding diaryl/α,β-unsaturated/α-hetero) is 1. The predicted octanol–water partition coefficient (Wildman–Crippen LogP) is 3.16. The second kappa shape index (κ2) is 6.82. The van der Waals surface area contributed by atoms with Crippen LogP contribution in [0.3, 0.4) is 0 Å². The zero-order chi connectivity index (χ0) is 20.7. The Bertz CT molecular complexity index is 1060. The van der Waals surface area contributed by atoms with E-state index in [2.05, 4.69) is 5.32 Å². The molecule has 28 heavy (non-hydrogen) atoms. The van der Waals surface area contributed by atoms with Gasteiger partial charge in [0.25, 0.3) is 15.7 Å². The highest BCUT2D eigenvalue weighted by atomic mass is 32.2. The van der Waals surface area contributed by atoms with Crippen molar-refractivity contribution in [3.63, 3.8) is 0 Å². The first-order valence-electron chi connectivity index (χ1n) is 7.68. The van der Waals surface area contributed by atoms with E-state index in [9.17, 15) is 31.2 Å². The molecule has 0 unspecified atom stereocenters. The topological polar surface area (TPSA) is 98.8 Å². The van der Waals surface area contributed by atoms with E-state index < -0.39 is 26.1 Å². The Kier molecular flexibility index (Phi) is 4.79. The second-order valence-electron chi connectivity index (χ2n) is 5.73. The van der Waals surface area contributed by atoms with Crippen LogP contribution >= 0.6 is 0 Å². The van der Waals surface area contributed by atoms with Crippen LogP contribution in [0.25, 0.3) is 0 Å². The summed E-state index contributed by atoms with van der Waals surface area (Å²) < 4.78 is 70.8. The minimum absolute atomic E-state index is 0.0424. The Balaban J connectivity index is 1.88. The fourth-order valence-corrected chi connectivity index (χ4v) is 3.21. The van der Waals surface area contributed by atoms with Gasteiger partial charge >= 0.3 is 5.51 Å². The van der Waals surface area contributed by atoms with Gasteiger partial charge in [-0.3, -0.25) is 9.59 Å². The molecule has 0 bridgehead atoms. The van der Waals surface area contributed by atoms with Gasteiger partial charge in [0.2, 0.25) is 6.79 Å². The molecule has 0 fully saturated rings. The predicted molar refractivity (Wildman–Crippen MR) is 90.2 cm³/mol. The Morgan fingerprint density at radius 3 is 2.14 bits per heavy atom. The summed E-state index contributed by atoms with van der Waals surface area (Å²) in [6.45, 7) is 1.24. The Morgan fingerprint density at radius 1 is 1.04 bits per heavy atom. The first-order valence-corrected chi connectivity index (χ1v) is 9.16. The normalized spacial score (nSPS) is 13.3. The Labute approximate surface area is 157 Å². The quantitative estimate of drug-likeness (QED) is 0.771. The standard InChI is InChI=1S/C17H12F3NO6S/c1-9(22)12-6-14-15(27-8-26-14)7-13(12)21-16(23)10-2-4-11(5-3-10)28(24,25)17(18,19)20/h2-7H,8H2,1H3,(H,21,23). The van der Waals surface area contributed by atoms with Crippen molar-refractivity contribution in [2.75, 3.05) is 12.1 Å². The molecule has 1 aliphatic heterocycles. The highest BCUT2D eigenvalue weighted by Crippen LogP contribution is 2.37. The van der Waals surface area contributed by atoms with Gasteiger partial charge in [0.1, 0.15) is 0 Å². The van der Waals surface area contributed by atoms with E-state index in [0.717, 1.165) is 12.1 Å². The molecule has 2 aromatic carbocycles. The maximum absolute atomic E-state index is 12.6. The molecule has 0 aliphatic carbocycles. The fraction of sp³-hybridized carbons (Fsp3) is 0.176. The van der Waals surface area contributed by atoms with Crippen LogP contribution in [-0.2, 0) is 9.84 Å². The minimum atomic E-state index is -5.51. The number of fused-ring (bicyclic) bond motifs is 1. The number of halogens is 3. The van der Waals surface area contributed by atoms with E-state index in [-0.39, 0.29) is 29.4 Å². The minimum Gasteiger partial charge on any atom is -0.454 e. The van der Waals surface area contributed by atoms with Gasteiger partial charge in [-0.05, 0) is 37.3 Å². The average molecular weight is 415 g/mol. The lowest BCUT2D eigenvalue weighted by Crippen LogP contribution is -2.23. The number of anilines is 1. The molecule has 3 rings (SSSR count). The smallest absolute Gasteiger partial charge is 0.454 e. The number of carbonyl (C=O) groups excluding carboxylic acids is 2. The number of amides is 1. The molecule has 0 atom stereocenters. The second-order valence-corrected chi connectivity index (χ2v) is 7.68. The van der Waals surface area contributed by atoms with Crippen LogP contribution in [0.5, 0.6) is 11.5 Å². The number of ether oxygens (including phenoxy) is 2. The van der Waals surface area contributed by atoms with Crippen molar-refractivity contribution >= 4 is 27.2 Å². The Hall–Kier alpha value is -3.08. The molecule has 1 heterocycles. The van der Waals surface area contributed by atoms with Gasteiger partial charge in [0.05, 0.1) is 10.6 Å². The van der Waals surface area contributed by atoms with Gasteiger partial charge in [-0.1, -0.05) is 0 Å². The molecule has 1 aliphatic rings. The summed E-state index contributed by atoms with van der Waals surface area (Å²) in [4.78, 5) is 23.2. The van der Waals surface area contributed by atoms with Crippen LogP contribution in [0.4, 0.5) is 18.9 Å². The number of nitrogens with one attached hydrogen (secondary N) is 1. The van der Waals surface area contributed by atoms with Crippen LogP contribution in [-0.4, -0.2) is 32.4 Å². The fourth-order valence-electron chi connectivity index (χ4n) is 2.45. The monoisotopic (exact) mass is 415 g/mol. The van der Waals surface area contributed by atoms with Gasteiger partial charge in [-0.25, -0.2) is 8.42 Å². The molecule has 0 saturated carbocycles. The first kappa shape index (κ1) is 19.7. The van der Waals surface area contributed by atoms with Crippen molar-refractivity contribution in [2.45, 2.75) is 17.3 Å². The molecule has 0 saturated heterocycles. The molecule has 0 aromatic heterocycles. The van der Waals surface area contributed by atoms with Gasteiger partial charge in [0, 0.05) is 17.2 Å². The number of rotatable bonds is 4. The number of alkyl halides is 3. The lowest BCUT2D eigenvalue weighted by Gasteiger charge is -2.11. The van der Waals surface area contributed by atoms with Crippen LogP contribution in [0.15, 0.2) is 41.3 Å². The van der Waals surface area contributed by atoms with Gasteiger partial charge in [-0.2, -0.15) is 13.2 Å². The molecule has 7 nitrogen and oxygen atoms in total. The van der Waals surface area contributed by atoms with Crippen LogP contribution in [0, 0.1) is 0 Å². The van der Waals surface area contributed by atoms with E-state index in [1.807, 2.05) is 0 Å². The molecule has 1 amide bonds. The number of benzene rings is 2. The van der Waals surface area contributed by atoms with Crippen molar-refractivity contribution in [3.05, 3.63) is 47.5 Å². The number of sulfone groups is 1. The molecule has 11 heteroatoms. The highest BCUT2D eigenvalue weighted by molar-refractivity contribution is 7.92. The average Bonchev–Trinajstić information content (AvgIpc) is 3.07. The van der Waals surface area contributed by atoms with E-state index >= 15 is 0 Å². The van der Waals surface area contributed by atoms with Crippen LogP contribution in [0.2, 0.25) is 0 Å². The third kappa shape index (κ3) is 3.52. The summed E-state index contributed by atoms with van der Waals surface area (Å²) in [5.74, 6) is -0.464. The zero-order valence-electron chi connectivity index (χ0n) is 14.2. The molecular weight excluding hydrogens is 403 g/mol. The number of ketones is 1. The van der Waals surface area contributed by atoms with E-state index in [1.165, 1.54) is 19.1 Å². The van der Waals surface area contributed by atoms with Crippen molar-refractivity contribution in [1.82, 2.24) is 0 Å². The van der Waals surface area contributed by atoms with Gasteiger partial charge < -0.3 is 14.8 Å². The third-order valence-corrected chi connectivity index (χ3v) is 5.37. The van der Waals surface area contributed by atoms with Crippen LogP contribution < -0.4 is 14.8 Å². The van der Waals surface area contributed by atoms with Crippen molar-refractivity contribution < 1.29 is 40.7 Å². The number of carbonyl (C=O) groups is 2. The number of hydrogen-bond donors (Lipinski definition) is 1. The molecular formula is C17H12F3NO6S. The maximum atomic E-state index is 12.6. The molecule has 2 aromatic rings. The third-order valence-electron chi connectivity index (χ3n) is 3.87. The summed E-state index contributed by atoms with van der Waals surface area (Å²) in [5, 5.41) is 2.46. The maximum Gasteiger partial charge on any atom is 0.501 e. The van der Waals surface area contributed by atoms with Crippen molar-refractivity contribution in [2.24, 2.45) is 0 Å². The van der Waals surface area contributed by atoms with Gasteiger partial charge in [0.15, 0.2) is 17.3 Å². The van der Waals surface area contributed by atoms with E-state index in [0.29, 0.717) is 23.6 Å². The molecule has 0 radical (unpaired) electrons. The lowest BCUT2D eigenvalue weighted by molar-refractivity contribution is -0.0436.